The number of para-hydroxylation sites is 2. The van der Waals surface area contributed by atoms with Crippen LogP contribution in [-0.2, 0) is 0 Å². The minimum atomic E-state index is 0.644. The number of fused-ring (bicyclic) bond motifs is 5. The van der Waals surface area contributed by atoms with Crippen molar-refractivity contribution in [2.45, 2.75) is 0 Å². The number of rotatable bonds is 6. The van der Waals surface area contributed by atoms with Crippen LogP contribution in [0.1, 0.15) is 5.56 Å². The summed E-state index contributed by atoms with van der Waals surface area (Å²) in [6.07, 6.45) is 0. The molecule has 0 aliphatic rings. The molecule has 0 radical (unpaired) electrons. The Hall–Kier alpha value is -8.13. The third-order valence-corrected chi connectivity index (χ3v) is 11.5. The SMILES string of the molecule is N#Cc1ccc(-c2ccc(-c3cc(-c4ccc(-c5ccc(-n6c7ccccc7c7ccccc76)cc5)c5ccccc45)nc(-c4ccccc4)n3)c3ccccc23)cc1. The average molecular weight is 751 g/mol. The van der Waals surface area contributed by atoms with E-state index < -0.39 is 0 Å². The Morgan fingerprint density at radius 2 is 0.763 bits per heavy atom. The van der Waals surface area contributed by atoms with Gasteiger partial charge in [0.05, 0.1) is 34.1 Å². The first-order chi connectivity index (χ1) is 29.2. The molecule has 0 saturated heterocycles. The van der Waals surface area contributed by atoms with Gasteiger partial charge in [-0.1, -0.05) is 164 Å². The summed E-state index contributed by atoms with van der Waals surface area (Å²) in [5.41, 5.74) is 13.4. The quantitative estimate of drug-likeness (QED) is 0.170. The molecule has 2 aromatic heterocycles. The van der Waals surface area contributed by atoms with E-state index in [2.05, 4.69) is 174 Å². The smallest absolute Gasteiger partial charge is 0.160 e. The van der Waals surface area contributed by atoms with Gasteiger partial charge in [0.25, 0.3) is 0 Å². The first-order valence-electron chi connectivity index (χ1n) is 19.8. The van der Waals surface area contributed by atoms with Crippen LogP contribution in [0.3, 0.4) is 0 Å². The lowest BCUT2D eigenvalue weighted by Crippen LogP contribution is -1.97. The van der Waals surface area contributed by atoms with E-state index in [4.69, 9.17) is 9.97 Å². The fraction of sp³-hybridized carbons (Fsp3) is 0. The topological polar surface area (TPSA) is 54.5 Å². The Morgan fingerprint density at radius 3 is 1.25 bits per heavy atom. The monoisotopic (exact) mass is 750 g/mol. The first kappa shape index (κ1) is 34.1. The molecule has 0 fully saturated rings. The van der Waals surface area contributed by atoms with Crippen LogP contribution in [0.4, 0.5) is 0 Å². The van der Waals surface area contributed by atoms with E-state index in [1.165, 1.54) is 27.4 Å². The van der Waals surface area contributed by atoms with Gasteiger partial charge in [0.1, 0.15) is 0 Å². The number of benzene rings is 9. The molecule has 0 aliphatic carbocycles. The van der Waals surface area contributed by atoms with Crippen molar-refractivity contribution >= 4 is 43.4 Å². The molecule has 59 heavy (non-hydrogen) atoms. The van der Waals surface area contributed by atoms with Crippen LogP contribution in [0.25, 0.3) is 105 Å². The van der Waals surface area contributed by atoms with Crippen LogP contribution in [-0.4, -0.2) is 14.5 Å². The molecule has 0 bridgehead atoms. The van der Waals surface area contributed by atoms with Crippen LogP contribution in [0.15, 0.2) is 206 Å². The van der Waals surface area contributed by atoms with E-state index >= 15 is 0 Å². The van der Waals surface area contributed by atoms with Crippen molar-refractivity contribution in [2.75, 3.05) is 0 Å². The molecule has 274 valence electrons. The fourth-order valence-corrected chi connectivity index (χ4v) is 8.70. The van der Waals surface area contributed by atoms with Gasteiger partial charge in [-0.25, -0.2) is 9.97 Å². The van der Waals surface area contributed by atoms with Crippen molar-refractivity contribution in [3.8, 4) is 67.9 Å². The Labute approximate surface area is 341 Å². The van der Waals surface area contributed by atoms with Crippen molar-refractivity contribution < 1.29 is 0 Å². The highest BCUT2D eigenvalue weighted by molar-refractivity contribution is 6.10. The zero-order valence-electron chi connectivity index (χ0n) is 31.9. The second kappa shape index (κ2) is 14.1. The van der Waals surface area contributed by atoms with Crippen LogP contribution < -0.4 is 0 Å². The highest BCUT2D eigenvalue weighted by atomic mass is 15.0. The van der Waals surface area contributed by atoms with Gasteiger partial charge in [-0.05, 0) is 86.3 Å². The minimum Gasteiger partial charge on any atom is -0.309 e. The molecule has 4 heteroatoms. The average Bonchev–Trinajstić information content (AvgIpc) is 3.65. The zero-order valence-corrected chi connectivity index (χ0v) is 31.9. The summed E-state index contributed by atoms with van der Waals surface area (Å²) >= 11 is 0. The Kier molecular flexibility index (Phi) is 8.17. The highest BCUT2D eigenvalue weighted by Crippen LogP contribution is 2.40. The number of hydrogen-bond acceptors (Lipinski definition) is 3. The Morgan fingerprint density at radius 1 is 0.356 bits per heavy atom. The van der Waals surface area contributed by atoms with Gasteiger partial charge in [-0.2, -0.15) is 5.26 Å². The van der Waals surface area contributed by atoms with Gasteiger partial charge in [0, 0.05) is 33.2 Å². The standard InChI is InChI=1S/C55H34N4/c56-35-36-22-24-37(25-23-36)41-30-32-47(45-16-6-4-14-43(41)45)51-34-52(58-55(57-51)39-12-2-1-3-13-39)48-33-31-42(44-15-5-7-17-46(44)48)38-26-28-40(29-27-38)59-53-20-10-8-18-49(53)50-19-9-11-21-54(50)59/h1-34H. The van der Waals surface area contributed by atoms with Gasteiger partial charge >= 0.3 is 0 Å². The van der Waals surface area contributed by atoms with Gasteiger partial charge in [-0.15, -0.1) is 0 Å². The van der Waals surface area contributed by atoms with Crippen molar-refractivity contribution in [2.24, 2.45) is 0 Å². The maximum absolute atomic E-state index is 9.40. The molecule has 9 aromatic carbocycles. The molecule has 0 N–H and O–H groups in total. The largest absolute Gasteiger partial charge is 0.309 e. The summed E-state index contributed by atoms with van der Waals surface area (Å²) in [6, 6.07) is 74.5. The maximum atomic E-state index is 9.40. The lowest BCUT2D eigenvalue weighted by Gasteiger charge is -2.16. The van der Waals surface area contributed by atoms with Gasteiger partial charge in [0.2, 0.25) is 0 Å². The lowest BCUT2D eigenvalue weighted by molar-refractivity contribution is 1.18. The van der Waals surface area contributed by atoms with Gasteiger partial charge < -0.3 is 4.57 Å². The summed E-state index contributed by atoms with van der Waals surface area (Å²) in [5, 5.41) is 16.4. The number of nitriles is 1. The van der Waals surface area contributed by atoms with Crippen molar-refractivity contribution in [1.82, 2.24) is 14.5 Å². The minimum absolute atomic E-state index is 0.644. The number of hydrogen-bond donors (Lipinski definition) is 0. The molecule has 0 spiro atoms. The van der Waals surface area contributed by atoms with E-state index in [-0.39, 0.29) is 0 Å². The molecule has 0 unspecified atom stereocenters. The number of aromatic nitrogens is 3. The van der Waals surface area contributed by atoms with Crippen molar-refractivity contribution in [1.29, 1.82) is 5.26 Å². The molecule has 4 nitrogen and oxygen atoms in total. The Bertz CT molecular complexity index is 3380. The normalized spacial score (nSPS) is 11.4. The first-order valence-corrected chi connectivity index (χ1v) is 19.8. The summed E-state index contributed by atoms with van der Waals surface area (Å²) < 4.78 is 2.36. The second-order valence-electron chi connectivity index (χ2n) is 14.8. The van der Waals surface area contributed by atoms with E-state index in [1.807, 2.05) is 42.5 Å². The molecule has 0 aliphatic heterocycles. The summed E-state index contributed by atoms with van der Waals surface area (Å²) in [5.74, 6) is 0.673. The van der Waals surface area contributed by atoms with E-state index in [0.29, 0.717) is 11.4 Å². The number of nitrogens with zero attached hydrogens (tertiary/aromatic N) is 4. The molecule has 0 saturated carbocycles. The van der Waals surface area contributed by atoms with Crippen LogP contribution in [0.5, 0.6) is 0 Å². The van der Waals surface area contributed by atoms with E-state index in [0.717, 1.165) is 72.0 Å². The van der Waals surface area contributed by atoms with Crippen LogP contribution in [0.2, 0.25) is 0 Å². The predicted molar refractivity (Wildman–Crippen MR) is 243 cm³/mol. The van der Waals surface area contributed by atoms with Crippen LogP contribution in [0, 0.1) is 11.3 Å². The molecular formula is C55H34N4. The molecule has 11 rings (SSSR count). The molecule has 0 atom stereocenters. The summed E-state index contributed by atoms with van der Waals surface area (Å²) in [6.45, 7) is 0. The molecule has 0 amide bonds. The second-order valence-corrected chi connectivity index (χ2v) is 14.8. The molecule has 2 heterocycles. The van der Waals surface area contributed by atoms with Crippen molar-refractivity contribution in [3.05, 3.63) is 212 Å². The third kappa shape index (κ3) is 5.84. The van der Waals surface area contributed by atoms with E-state index in [9.17, 15) is 5.26 Å². The lowest BCUT2D eigenvalue weighted by atomic mass is 9.92. The van der Waals surface area contributed by atoms with Crippen LogP contribution >= 0.6 is 0 Å². The van der Waals surface area contributed by atoms with Gasteiger partial charge in [0.15, 0.2) is 5.82 Å². The predicted octanol–water partition coefficient (Wildman–Crippen LogP) is 14.1. The Balaban J connectivity index is 1.04. The molecule has 11 aromatic rings. The zero-order chi connectivity index (χ0) is 39.3. The maximum Gasteiger partial charge on any atom is 0.160 e. The highest BCUT2D eigenvalue weighted by Gasteiger charge is 2.18. The van der Waals surface area contributed by atoms with Gasteiger partial charge in [-0.3, -0.25) is 0 Å². The third-order valence-electron chi connectivity index (χ3n) is 11.5. The fourth-order valence-electron chi connectivity index (χ4n) is 8.70. The molecular weight excluding hydrogens is 717 g/mol. The summed E-state index contributed by atoms with van der Waals surface area (Å²) in [4.78, 5) is 10.5. The van der Waals surface area contributed by atoms with E-state index in [1.54, 1.807) is 0 Å². The van der Waals surface area contributed by atoms with Crippen molar-refractivity contribution in [3.63, 3.8) is 0 Å². The summed E-state index contributed by atoms with van der Waals surface area (Å²) in [7, 11) is 0.